The van der Waals surface area contributed by atoms with Crippen LogP contribution in [0.15, 0.2) is 29.2 Å². The van der Waals surface area contributed by atoms with E-state index in [2.05, 4.69) is 4.90 Å². The van der Waals surface area contributed by atoms with Gasteiger partial charge in [0.25, 0.3) is 0 Å². The van der Waals surface area contributed by atoms with Crippen LogP contribution in [0.25, 0.3) is 0 Å². The van der Waals surface area contributed by atoms with Gasteiger partial charge in [-0.15, -0.1) is 0 Å². The topological polar surface area (TPSA) is 90.3 Å². The van der Waals surface area contributed by atoms with Crippen molar-refractivity contribution in [2.75, 3.05) is 33.2 Å². The zero-order valence-corrected chi connectivity index (χ0v) is 17.0. The lowest BCUT2D eigenvalue weighted by molar-refractivity contribution is -0.0982. The highest BCUT2D eigenvalue weighted by Gasteiger charge is 2.39. The second-order valence-corrected chi connectivity index (χ2v) is 9.75. The van der Waals surface area contributed by atoms with Crippen molar-refractivity contribution >= 4 is 22.6 Å². The summed E-state index contributed by atoms with van der Waals surface area (Å²) in [4.78, 5) is 2.28. The van der Waals surface area contributed by atoms with E-state index in [1.165, 1.54) is 28.6 Å². The Bertz CT molecular complexity index is 708. The Morgan fingerprint density at radius 3 is 2.00 bits per heavy atom. The van der Waals surface area contributed by atoms with Crippen LogP contribution in [-0.2, 0) is 14.7 Å². The smallest absolute Gasteiger partial charge is 0.423 e. The van der Waals surface area contributed by atoms with E-state index in [-0.39, 0.29) is 4.90 Å². The number of hydrogen-bond acceptors (Lipinski definition) is 6. The first-order valence-corrected chi connectivity index (χ1v) is 10.2. The Balaban J connectivity index is 2.12. The summed E-state index contributed by atoms with van der Waals surface area (Å²) in [7, 11) is -2.84. The van der Waals surface area contributed by atoms with Crippen molar-refractivity contribution in [3.8, 4) is 0 Å². The Morgan fingerprint density at radius 2 is 1.54 bits per heavy atom. The molecule has 9 heteroatoms. The van der Waals surface area contributed by atoms with Crippen LogP contribution in [0, 0.1) is 0 Å². The third-order valence-electron chi connectivity index (χ3n) is 5.14. The molecule has 1 aliphatic rings. The summed E-state index contributed by atoms with van der Waals surface area (Å²) in [6.45, 7) is 8.91. The molecule has 2 rings (SSSR count). The first-order valence-electron chi connectivity index (χ1n) is 8.71. The van der Waals surface area contributed by atoms with Gasteiger partial charge in [0.2, 0.25) is 10.0 Å². The molecule has 26 heavy (non-hydrogen) atoms. The summed E-state index contributed by atoms with van der Waals surface area (Å²) in [5, 5.41) is 20.4. The number of piperazine rings is 1. The molecule has 0 atom stereocenters. The maximum atomic E-state index is 12.7. The minimum atomic E-state index is -3.54. The van der Waals surface area contributed by atoms with Gasteiger partial charge in [-0.3, -0.25) is 0 Å². The Kier molecular flexibility index (Phi) is 6.22. The summed E-state index contributed by atoms with van der Waals surface area (Å²) in [6, 6.07) is 6.03. The van der Waals surface area contributed by atoms with E-state index in [9.17, 15) is 18.5 Å². The first-order chi connectivity index (χ1) is 11.8. The molecule has 1 aromatic rings. The van der Waals surface area contributed by atoms with Crippen LogP contribution >= 0.6 is 0 Å². The highest BCUT2D eigenvalue weighted by molar-refractivity contribution is 7.89. The van der Waals surface area contributed by atoms with Crippen LogP contribution in [-0.4, -0.2) is 79.3 Å². The van der Waals surface area contributed by atoms with Crippen LogP contribution in [0.2, 0.25) is 0 Å². The van der Waals surface area contributed by atoms with E-state index >= 15 is 0 Å². The fourth-order valence-electron chi connectivity index (χ4n) is 2.47. The minimum absolute atomic E-state index is 0.194. The standard InChI is InChI=1S/C17H29BN2O5S/c1-16(2,21)17(3,4)25-18(22)14-6-8-15(9-7-14)26(23,24)20-12-10-19(5)11-13-20/h6-9,21-22H,10-13H2,1-5H3. The summed E-state index contributed by atoms with van der Waals surface area (Å²) >= 11 is 0. The fourth-order valence-corrected chi connectivity index (χ4v) is 3.90. The van der Waals surface area contributed by atoms with Gasteiger partial charge >= 0.3 is 7.12 Å². The molecule has 0 bridgehead atoms. The van der Waals surface area contributed by atoms with Crippen LogP contribution < -0.4 is 5.46 Å². The monoisotopic (exact) mass is 384 g/mol. The predicted molar refractivity (Wildman–Crippen MR) is 102 cm³/mol. The molecular weight excluding hydrogens is 355 g/mol. The van der Waals surface area contributed by atoms with Crippen LogP contribution in [0.5, 0.6) is 0 Å². The molecule has 1 heterocycles. The number of nitrogens with zero attached hydrogens (tertiary/aromatic N) is 2. The predicted octanol–water partition coefficient (Wildman–Crippen LogP) is -0.124. The zero-order chi connectivity index (χ0) is 19.8. The van der Waals surface area contributed by atoms with Crippen LogP contribution in [0.1, 0.15) is 27.7 Å². The Labute approximate surface area is 156 Å². The number of sulfonamides is 1. The zero-order valence-electron chi connectivity index (χ0n) is 16.1. The lowest BCUT2D eigenvalue weighted by Crippen LogP contribution is -2.53. The Hall–Kier alpha value is -0.965. The third-order valence-corrected chi connectivity index (χ3v) is 7.06. The molecular formula is C17H29BN2O5S. The molecule has 1 aromatic carbocycles. The molecule has 0 aromatic heterocycles. The summed E-state index contributed by atoms with van der Waals surface area (Å²) in [5.74, 6) is 0. The van der Waals surface area contributed by atoms with Crippen molar-refractivity contribution in [3.63, 3.8) is 0 Å². The summed E-state index contributed by atoms with van der Waals surface area (Å²) in [5.41, 5.74) is -1.71. The normalized spacial score (nSPS) is 18.1. The molecule has 2 N–H and O–H groups in total. The van der Waals surface area contributed by atoms with Gasteiger partial charge in [0.05, 0.1) is 16.1 Å². The van der Waals surface area contributed by atoms with E-state index in [0.717, 1.165) is 0 Å². The molecule has 1 saturated heterocycles. The molecule has 7 nitrogen and oxygen atoms in total. The quantitative estimate of drug-likeness (QED) is 0.665. The van der Waals surface area contributed by atoms with Crippen LogP contribution in [0.3, 0.4) is 0 Å². The molecule has 0 spiro atoms. The maximum Gasteiger partial charge on any atom is 0.491 e. The largest absolute Gasteiger partial charge is 0.491 e. The Morgan fingerprint density at radius 1 is 1.04 bits per heavy atom. The number of benzene rings is 1. The lowest BCUT2D eigenvalue weighted by Gasteiger charge is -2.38. The lowest BCUT2D eigenvalue weighted by atomic mass is 9.76. The molecule has 0 radical (unpaired) electrons. The van der Waals surface area contributed by atoms with Gasteiger partial charge in [-0.2, -0.15) is 4.31 Å². The second kappa shape index (κ2) is 7.57. The SMILES string of the molecule is CN1CCN(S(=O)(=O)c2ccc(B(O)OC(C)(C)C(C)(C)O)cc2)CC1. The first kappa shape index (κ1) is 21.3. The van der Waals surface area contributed by atoms with Gasteiger partial charge < -0.3 is 19.7 Å². The van der Waals surface area contributed by atoms with Crippen molar-refractivity contribution in [2.45, 2.75) is 43.8 Å². The number of likely N-dealkylation sites (N-methyl/N-ethyl adjacent to an activating group) is 1. The molecule has 0 amide bonds. The van der Waals surface area contributed by atoms with E-state index in [1.54, 1.807) is 27.7 Å². The summed E-state index contributed by atoms with van der Waals surface area (Å²) in [6.07, 6.45) is 0. The third kappa shape index (κ3) is 4.65. The van der Waals surface area contributed by atoms with Crippen molar-refractivity contribution < 1.29 is 23.2 Å². The number of aliphatic hydroxyl groups is 1. The van der Waals surface area contributed by atoms with Gasteiger partial charge in [0.1, 0.15) is 0 Å². The molecule has 1 fully saturated rings. The van der Waals surface area contributed by atoms with Crippen molar-refractivity contribution in [1.29, 1.82) is 0 Å². The maximum absolute atomic E-state index is 12.7. The molecule has 0 unspecified atom stereocenters. The van der Waals surface area contributed by atoms with Gasteiger partial charge in [-0.1, -0.05) is 12.1 Å². The number of rotatable bonds is 6. The fraction of sp³-hybridized carbons (Fsp3) is 0.647. The van der Waals surface area contributed by atoms with Crippen molar-refractivity contribution in [2.24, 2.45) is 0 Å². The highest BCUT2D eigenvalue weighted by atomic mass is 32.2. The molecule has 1 aliphatic heterocycles. The van der Waals surface area contributed by atoms with Gasteiger partial charge in [-0.05, 0) is 52.3 Å². The second-order valence-electron chi connectivity index (χ2n) is 7.82. The van der Waals surface area contributed by atoms with E-state index in [4.69, 9.17) is 4.65 Å². The van der Waals surface area contributed by atoms with Crippen molar-refractivity contribution in [1.82, 2.24) is 9.21 Å². The van der Waals surface area contributed by atoms with Crippen molar-refractivity contribution in [3.05, 3.63) is 24.3 Å². The van der Waals surface area contributed by atoms with Crippen LogP contribution in [0.4, 0.5) is 0 Å². The average molecular weight is 384 g/mol. The van der Waals surface area contributed by atoms with Gasteiger partial charge in [0.15, 0.2) is 0 Å². The number of hydrogen-bond donors (Lipinski definition) is 2. The van der Waals surface area contributed by atoms with E-state index in [0.29, 0.717) is 31.6 Å². The average Bonchev–Trinajstić information content (AvgIpc) is 2.54. The highest BCUT2D eigenvalue weighted by Crippen LogP contribution is 2.25. The molecule has 0 aliphatic carbocycles. The molecule has 146 valence electrons. The minimum Gasteiger partial charge on any atom is -0.423 e. The van der Waals surface area contributed by atoms with Gasteiger partial charge in [0, 0.05) is 26.2 Å². The van der Waals surface area contributed by atoms with E-state index < -0.39 is 28.3 Å². The van der Waals surface area contributed by atoms with Gasteiger partial charge in [-0.25, -0.2) is 8.42 Å². The summed E-state index contributed by atoms with van der Waals surface area (Å²) < 4.78 is 32.5. The molecule has 0 saturated carbocycles. The van der Waals surface area contributed by atoms with E-state index in [1.807, 2.05) is 7.05 Å².